The summed E-state index contributed by atoms with van der Waals surface area (Å²) >= 11 is 1.23. The van der Waals surface area contributed by atoms with Gasteiger partial charge in [0.05, 0.1) is 4.90 Å². The number of amides is 1. The first-order valence-corrected chi connectivity index (χ1v) is 10.3. The van der Waals surface area contributed by atoms with E-state index in [-0.39, 0.29) is 10.5 Å². The van der Waals surface area contributed by atoms with E-state index in [0.717, 1.165) is 17.9 Å². The summed E-state index contributed by atoms with van der Waals surface area (Å²) in [4.78, 5) is 12.7. The number of anilines is 1. The molecule has 1 N–H and O–H groups in total. The van der Waals surface area contributed by atoms with Gasteiger partial charge < -0.3 is 5.32 Å². The average molecular weight is 390 g/mol. The third-order valence-corrected chi connectivity index (χ3v) is 5.51. The summed E-state index contributed by atoms with van der Waals surface area (Å²) in [5, 5.41) is 4.42. The van der Waals surface area contributed by atoms with Gasteiger partial charge in [0.1, 0.15) is 5.82 Å². The maximum atomic E-state index is 13.9. The smallest absolute Gasteiger partial charge is 0.255 e. The lowest BCUT2D eigenvalue weighted by atomic mass is 10.1. The monoisotopic (exact) mass is 390 g/mol. The van der Waals surface area contributed by atoms with Crippen LogP contribution in [0.1, 0.15) is 15.9 Å². The molecule has 0 aliphatic rings. The van der Waals surface area contributed by atoms with Crippen molar-refractivity contribution in [3.63, 3.8) is 0 Å². The number of hydrogen-bond acceptors (Lipinski definition) is 5. The second-order valence-electron chi connectivity index (χ2n) is 5.84. The molecule has 134 valence electrons. The minimum absolute atomic E-state index is 0.0997. The third kappa shape index (κ3) is 3.97. The molecule has 0 radical (unpaired) electrons. The molecular weight excluding hydrogens is 375 g/mol. The Morgan fingerprint density at radius 2 is 1.92 bits per heavy atom. The molecule has 0 spiro atoms. The second-order valence-corrected chi connectivity index (χ2v) is 8.52. The summed E-state index contributed by atoms with van der Waals surface area (Å²) in [5.74, 6) is -1.07. The molecular formula is C18H15FN2O3S2. The Kier molecular flexibility index (Phi) is 4.88. The van der Waals surface area contributed by atoms with E-state index in [2.05, 4.69) is 9.69 Å². The Hall–Kier alpha value is -2.58. The molecule has 0 saturated carbocycles. The van der Waals surface area contributed by atoms with E-state index in [4.69, 9.17) is 0 Å². The van der Waals surface area contributed by atoms with E-state index in [1.807, 2.05) is 0 Å². The van der Waals surface area contributed by atoms with Gasteiger partial charge in [0.25, 0.3) is 5.91 Å². The van der Waals surface area contributed by atoms with E-state index in [1.165, 1.54) is 29.7 Å². The van der Waals surface area contributed by atoms with Gasteiger partial charge in [-0.25, -0.2) is 17.2 Å². The Balaban J connectivity index is 1.94. The van der Waals surface area contributed by atoms with Crippen molar-refractivity contribution in [1.29, 1.82) is 0 Å². The first kappa shape index (κ1) is 18.2. The SMILES string of the molecule is Cc1ccc(S(C)(=O)=O)cc1NC(=O)c1cc(F)cc(-c2cnsc2)c1. The van der Waals surface area contributed by atoms with E-state index in [9.17, 15) is 17.6 Å². The Labute approximate surface area is 154 Å². The normalized spacial score (nSPS) is 11.3. The molecule has 3 rings (SSSR count). The first-order valence-electron chi connectivity index (χ1n) is 7.56. The molecule has 0 bridgehead atoms. The van der Waals surface area contributed by atoms with Gasteiger partial charge in [0.2, 0.25) is 0 Å². The fourth-order valence-electron chi connectivity index (χ4n) is 2.40. The van der Waals surface area contributed by atoms with Crippen molar-refractivity contribution in [2.24, 2.45) is 0 Å². The number of sulfone groups is 1. The summed E-state index contributed by atoms with van der Waals surface area (Å²) in [5.41, 5.74) is 2.46. The van der Waals surface area contributed by atoms with Gasteiger partial charge in [-0.15, -0.1) is 0 Å². The van der Waals surface area contributed by atoms with Gasteiger partial charge in [-0.3, -0.25) is 4.79 Å². The van der Waals surface area contributed by atoms with Gasteiger partial charge in [-0.05, 0) is 59.9 Å². The van der Waals surface area contributed by atoms with Crippen molar-refractivity contribution < 1.29 is 17.6 Å². The molecule has 0 unspecified atom stereocenters. The molecule has 0 atom stereocenters. The Bertz CT molecular complexity index is 1080. The van der Waals surface area contributed by atoms with Crippen LogP contribution < -0.4 is 5.32 Å². The minimum atomic E-state index is -3.40. The number of aryl methyl sites for hydroxylation is 1. The van der Waals surface area contributed by atoms with Gasteiger partial charge in [-0.2, -0.15) is 0 Å². The fraction of sp³-hybridized carbons (Fsp3) is 0.111. The summed E-state index contributed by atoms with van der Waals surface area (Å²) in [7, 11) is -3.40. The minimum Gasteiger partial charge on any atom is -0.322 e. The highest BCUT2D eigenvalue weighted by atomic mass is 32.2. The highest BCUT2D eigenvalue weighted by Crippen LogP contribution is 2.25. The molecule has 0 aliphatic carbocycles. The zero-order valence-electron chi connectivity index (χ0n) is 14.0. The topological polar surface area (TPSA) is 76.1 Å². The van der Waals surface area contributed by atoms with Crippen LogP contribution in [0.4, 0.5) is 10.1 Å². The van der Waals surface area contributed by atoms with E-state index in [1.54, 1.807) is 30.6 Å². The van der Waals surface area contributed by atoms with Gasteiger partial charge in [-0.1, -0.05) is 6.07 Å². The summed E-state index contributed by atoms with van der Waals surface area (Å²) in [6.07, 6.45) is 2.69. The second kappa shape index (κ2) is 6.97. The van der Waals surface area contributed by atoms with Crippen LogP contribution in [0, 0.1) is 12.7 Å². The predicted octanol–water partition coefficient (Wildman–Crippen LogP) is 3.91. The molecule has 2 aromatic carbocycles. The van der Waals surface area contributed by atoms with Crippen molar-refractivity contribution in [2.75, 3.05) is 11.6 Å². The molecule has 0 aliphatic heterocycles. The molecule has 0 saturated heterocycles. The average Bonchev–Trinajstić information content (AvgIpc) is 3.09. The van der Waals surface area contributed by atoms with Crippen LogP contribution in [0.3, 0.4) is 0 Å². The summed E-state index contributed by atoms with van der Waals surface area (Å²) < 4.78 is 41.3. The van der Waals surface area contributed by atoms with Crippen LogP contribution in [0.2, 0.25) is 0 Å². The fourth-order valence-corrected chi connectivity index (χ4v) is 3.59. The molecule has 0 fully saturated rings. The standard InChI is InChI=1S/C18H15FN2O3S2/c1-11-3-4-16(26(2,23)24)8-17(11)21-18(22)13-5-12(6-15(19)7-13)14-9-20-25-10-14/h3-10H,1-2H3,(H,21,22). The zero-order valence-corrected chi connectivity index (χ0v) is 15.6. The van der Waals surface area contributed by atoms with Gasteiger partial charge >= 0.3 is 0 Å². The van der Waals surface area contributed by atoms with Crippen LogP contribution >= 0.6 is 11.5 Å². The first-order chi connectivity index (χ1) is 12.2. The number of rotatable bonds is 4. The van der Waals surface area contributed by atoms with Crippen molar-refractivity contribution in [3.8, 4) is 11.1 Å². The predicted molar refractivity (Wildman–Crippen MR) is 99.8 cm³/mol. The maximum Gasteiger partial charge on any atom is 0.255 e. The lowest BCUT2D eigenvalue weighted by molar-refractivity contribution is 0.102. The molecule has 8 heteroatoms. The van der Waals surface area contributed by atoms with Crippen LogP contribution in [0.25, 0.3) is 11.1 Å². The molecule has 1 amide bonds. The van der Waals surface area contributed by atoms with Crippen molar-refractivity contribution >= 4 is 33.0 Å². The van der Waals surface area contributed by atoms with Gasteiger partial charge in [0.15, 0.2) is 9.84 Å². The van der Waals surface area contributed by atoms with Crippen molar-refractivity contribution in [1.82, 2.24) is 4.37 Å². The molecule has 1 aromatic heterocycles. The number of nitrogens with one attached hydrogen (secondary N) is 1. The van der Waals surface area contributed by atoms with Crippen LogP contribution in [0.15, 0.2) is 52.9 Å². The highest BCUT2D eigenvalue weighted by Gasteiger charge is 2.14. The lowest BCUT2D eigenvalue weighted by Gasteiger charge is -2.11. The van der Waals surface area contributed by atoms with Crippen molar-refractivity contribution in [3.05, 3.63) is 64.9 Å². The molecule has 3 aromatic rings. The summed E-state index contributed by atoms with van der Waals surface area (Å²) in [6, 6.07) is 8.51. The summed E-state index contributed by atoms with van der Waals surface area (Å²) in [6.45, 7) is 1.75. The largest absolute Gasteiger partial charge is 0.322 e. The highest BCUT2D eigenvalue weighted by molar-refractivity contribution is 7.90. The van der Waals surface area contributed by atoms with E-state index in [0.29, 0.717) is 16.8 Å². The number of aromatic nitrogens is 1. The van der Waals surface area contributed by atoms with E-state index < -0.39 is 21.6 Å². The Morgan fingerprint density at radius 1 is 1.15 bits per heavy atom. The Morgan fingerprint density at radius 3 is 2.58 bits per heavy atom. The number of hydrogen-bond donors (Lipinski definition) is 1. The quantitative estimate of drug-likeness (QED) is 0.733. The van der Waals surface area contributed by atoms with Crippen LogP contribution in [-0.2, 0) is 9.84 Å². The number of halogens is 1. The van der Waals surface area contributed by atoms with Crippen LogP contribution in [0.5, 0.6) is 0 Å². The third-order valence-electron chi connectivity index (χ3n) is 3.81. The van der Waals surface area contributed by atoms with E-state index >= 15 is 0 Å². The number of carbonyl (C=O) groups excluding carboxylic acids is 1. The molecule has 26 heavy (non-hydrogen) atoms. The zero-order chi connectivity index (χ0) is 18.9. The maximum absolute atomic E-state index is 13.9. The molecule has 1 heterocycles. The lowest BCUT2D eigenvalue weighted by Crippen LogP contribution is -2.14. The number of benzene rings is 2. The molecule has 5 nitrogen and oxygen atoms in total. The van der Waals surface area contributed by atoms with Gasteiger partial charge in [0, 0.05) is 34.6 Å². The number of nitrogens with zero attached hydrogens (tertiary/aromatic N) is 1. The number of carbonyl (C=O) groups is 1. The van der Waals surface area contributed by atoms with Crippen LogP contribution in [-0.4, -0.2) is 25.0 Å². The van der Waals surface area contributed by atoms with Crippen molar-refractivity contribution in [2.45, 2.75) is 11.8 Å².